The molecule has 1 aliphatic rings. The van der Waals surface area contributed by atoms with Crippen LogP contribution in [0.25, 0.3) is 6.08 Å². The van der Waals surface area contributed by atoms with Gasteiger partial charge >= 0.3 is 0 Å². The normalized spacial score (nSPS) is 13.4. The van der Waals surface area contributed by atoms with Crippen molar-refractivity contribution in [1.82, 2.24) is 4.90 Å². The first-order valence-corrected chi connectivity index (χ1v) is 7.82. The summed E-state index contributed by atoms with van der Waals surface area (Å²) >= 11 is 0. The molecule has 1 aliphatic heterocycles. The second kappa shape index (κ2) is 7.34. The molecule has 0 spiro atoms. The molecule has 0 aromatic heterocycles. The Balaban J connectivity index is 2.04. The minimum Gasteiger partial charge on any atom is -0.454 e. The van der Waals surface area contributed by atoms with E-state index in [0.717, 1.165) is 30.2 Å². The Morgan fingerprint density at radius 2 is 1.77 bits per heavy atom. The van der Waals surface area contributed by atoms with Crippen molar-refractivity contribution in [3.05, 3.63) is 29.8 Å². The van der Waals surface area contributed by atoms with Crippen LogP contribution in [0.15, 0.2) is 24.3 Å². The van der Waals surface area contributed by atoms with E-state index in [-0.39, 0.29) is 12.7 Å². The van der Waals surface area contributed by atoms with Gasteiger partial charge in [-0.1, -0.05) is 33.8 Å². The van der Waals surface area contributed by atoms with Crippen LogP contribution in [0.4, 0.5) is 0 Å². The zero-order valence-corrected chi connectivity index (χ0v) is 13.8. The summed E-state index contributed by atoms with van der Waals surface area (Å²) in [5.74, 6) is 2.46. The quantitative estimate of drug-likeness (QED) is 0.754. The molecule has 4 nitrogen and oxygen atoms in total. The van der Waals surface area contributed by atoms with Crippen LogP contribution in [0.2, 0.25) is 0 Å². The van der Waals surface area contributed by atoms with Crippen molar-refractivity contribution in [2.24, 2.45) is 11.8 Å². The van der Waals surface area contributed by atoms with Crippen molar-refractivity contribution in [1.29, 1.82) is 0 Å². The maximum atomic E-state index is 12.4. The first kappa shape index (κ1) is 16.4. The van der Waals surface area contributed by atoms with Crippen molar-refractivity contribution in [3.63, 3.8) is 0 Å². The fraction of sp³-hybridized carbons (Fsp3) is 0.500. The number of carbonyl (C=O) groups excluding carboxylic acids is 1. The molecule has 1 heterocycles. The molecule has 0 atom stereocenters. The van der Waals surface area contributed by atoms with Crippen LogP contribution in [0, 0.1) is 11.8 Å². The van der Waals surface area contributed by atoms with E-state index in [1.807, 2.05) is 29.2 Å². The number of benzene rings is 1. The second-order valence-electron chi connectivity index (χ2n) is 6.48. The number of rotatable bonds is 6. The molecule has 0 aliphatic carbocycles. The zero-order valence-electron chi connectivity index (χ0n) is 13.8. The van der Waals surface area contributed by atoms with Gasteiger partial charge in [-0.05, 0) is 35.6 Å². The van der Waals surface area contributed by atoms with Crippen LogP contribution in [0.3, 0.4) is 0 Å². The Morgan fingerprint density at radius 3 is 2.41 bits per heavy atom. The van der Waals surface area contributed by atoms with Crippen LogP contribution >= 0.6 is 0 Å². The third-order valence-corrected chi connectivity index (χ3v) is 3.30. The third kappa shape index (κ3) is 4.52. The molecule has 1 aromatic rings. The highest BCUT2D eigenvalue weighted by atomic mass is 16.7. The molecule has 0 saturated heterocycles. The molecule has 0 bridgehead atoms. The molecule has 0 N–H and O–H groups in total. The van der Waals surface area contributed by atoms with Crippen molar-refractivity contribution >= 4 is 12.0 Å². The molecule has 1 amide bonds. The van der Waals surface area contributed by atoms with Gasteiger partial charge in [0.05, 0.1) is 0 Å². The van der Waals surface area contributed by atoms with E-state index in [2.05, 4.69) is 27.7 Å². The van der Waals surface area contributed by atoms with Crippen LogP contribution in [-0.4, -0.2) is 30.7 Å². The van der Waals surface area contributed by atoms with E-state index in [9.17, 15) is 4.79 Å². The van der Waals surface area contributed by atoms with Crippen molar-refractivity contribution in [2.45, 2.75) is 27.7 Å². The Labute approximate surface area is 132 Å². The van der Waals surface area contributed by atoms with E-state index in [4.69, 9.17) is 9.47 Å². The Hall–Kier alpha value is -1.97. The number of fused-ring (bicyclic) bond motifs is 1. The predicted octanol–water partition coefficient (Wildman–Crippen LogP) is 3.57. The van der Waals surface area contributed by atoms with E-state index < -0.39 is 0 Å². The largest absolute Gasteiger partial charge is 0.454 e. The third-order valence-electron chi connectivity index (χ3n) is 3.30. The fourth-order valence-corrected chi connectivity index (χ4v) is 2.43. The average Bonchev–Trinajstić information content (AvgIpc) is 2.90. The lowest BCUT2D eigenvalue weighted by atomic mass is 10.1. The van der Waals surface area contributed by atoms with Gasteiger partial charge < -0.3 is 14.4 Å². The van der Waals surface area contributed by atoms with Gasteiger partial charge in [-0.15, -0.1) is 0 Å². The second-order valence-corrected chi connectivity index (χ2v) is 6.48. The minimum atomic E-state index is 0.0556. The molecule has 0 radical (unpaired) electrons. The summed E-state index contributed by atoms with van der Waals surface area (Å²) < 4.78 is 10.6. The van der Waals surface area contributed by atoms with Gasteiger partial charge in [-0.2, -0.15) is 0 Å². The molecule has 2 rings (SSSR count). The number of hydrogen-bond acceptors (Lipinski definition) is 3. The van der Waals surface area contributed by atoms with Crippen molar-refractivity contribution in [3.8, 4) is 11.5 Å². The molecular weight excluding hydrogens is 278 g/mol. The number of carbonyl (C=O) groups is 1. The topological polar surface area (TPSA) is 38.8 Å². The van der Waals surface area contributed by atoms with Gasteiger partial charge in [0.25, 0.3) is 0 Å². The molecule has 1 aromatic carbocycles. The lowest BCUT2D eigenvalue weighted by Crippen LogP contribution is -2.35. The smallest absolute Gasteiger partial charge is 0.246 e. The summed E-state index contributed by atoms with van der Waals surface area (Å²) in [4.78, 5) is 14.3. The Kier molecular flexibility index (Phi) is 5.47. The molecule has 4 heteroatoms. The Morgan fingerprint density at radius 1 is 1.14 bits per heavy atom. The number of amides is 1. The molecule has 120 valence electrons. The van der Waals surface area contributed by atoms with Gasteiger partial charge in [0, 0.05) is 19.2 Å². The summed E-state index contributed by atoms with van der Waals surface area (Å²) in [6.07, 6.45) is 3.47. The molecule has 0 saturated carbocycles. The van der Waals surface area contributed by atoms with Crippen LogP contribution in [0.1, 0.15) is 33.3 Å². The number of hydrogen-bond donors (Lipinski definition) is 0. The highest BCUT2D eigenvalue weighted by Crippen LogP contribution is 2.32. The molecule has 0 unspecified atom stereocenters. The van der Waals surface area contributed by atoms with Gasteiger partial charge in [0.1, 0.15) is 0 Å². The maximum absolute atomic E-state index is 12.4. The van der Waals surface area contributed by atoms with E-state index in [1.54, 1.807) is 6.08 Å². The minimum absolute atomic E-state index is 0.0556. The standard InChI is InChI=1S/C18H25NO3/c1-13(2)10-19(11-14(3)4)18(20)8-6-15-5-7-16-17(9-15)22-12-21-16/h5-9,13-14H,10-12H2,1-4H3. The van der Waals surface area contributed by atoms with Crippen molar-refractivity contribution in [2.75, 3.05) is 19.9 Å². The lowest BCUT2D eigenvalue weighted by molar-refractivity contribution is -0.127. The van der Waals surface area contributed by atoms with Gasteiger partial charge in [-0.3, -0.25) is 4.79 Å². The lowest BCUT2D eigenvalue weighted by Gasteiger charge is -2.25. The maximum Gasteiger partial charge on any atom is 0.246 e. The average molecular weight is 303 g/mol. The van der Waals surface area contributed by atoms with E-state index >= 15 is 0 Å². The van der Waals surface area contributed by atoms with Crippen LogP contribution in [0.5, 0.6) is 11.5 Å². The van der Waals surface area contributed by atoms with Crippen molar-refractivity contribution < 1.29 is 14.3 Å². The summed E-state index contributed by atoms with van der Waals surface area (Å²) in [5, 5.41) is 0. The summed E-state index contributed by atoms with van der Waals surface area (Å²) in [6.45, 7) is 10.3. The summed E-state index contributed by atoms with van der Waals surface area (Å²) in [6, 6.07) is 5.68. The van der Waals surface area contributed by atoms with Gasteiger partial charge in [-0.25, -0.2) is 0 Å². The van der Waals surface area contributed by atoms with Gasteiger partial charge in [0.2, 0.25) is 12.7 Å². The van der Waals surface area contributed by atoms with E-state index in [0.29, 0.717) is 11.8 Å². The highest BCUT2D eigenvalue weighted by Gasteiger charge is 2.15. The van der Waals surface area contributed by atoms with Crippen LogP contribution < -0.4 is 9.47 Å². The fourth-order valence-electron chi connectivity index (χ4n) is 2.43. The zero-order chi connectivity index (χ0) is 16.1. The summed E-state index contributed by atoms with van der Waals surface area (Å²) in [5.41, 5.74) is 0.937. The molecular formula is C18H25NO3. The van der Waals surface area contributed by atoms with Gasteiger partial charge in [0.15, 0.2) is 11.5 Å². The molecule has 22 heavy (non-hydrogen) atoms. The highest BCUT2D eigenvalue weighted by molar-refractivity contribution is 5.91. The Bertz CT molecular complexity index is 539. The first-order valence-electron chi connectivity index (χ1n) is 7.82. The number of nitrogens with zero attached hydrogens (tertiary/aromatic N) is 1. The van der Waals surface area contributed by atoms with Crippen LogP contribution in [-0.2, 0) is 4.79 Å². The number of ether oxygens (including phenoxy) is 2. The predicted molar refractivity (Wildman–Crippen MR) is 87.9 cm³/mol. The monoisotopic (exact) mass is 303 g/mol. The molecule has 0 fully saturated rings. The summed E-state index contributed by atoms with van der Waals surface area (Å²) in [7, 11) is 0. The SMILES string of the molecule is CC(C)CN(CC(C)C)C(=O)C=Cc1ccc2c(c1)OCO2. The van der Waals surface area contributed by atoms with E-state index in [1.165, 1.54) is 0 Å². The first-order chi connectivity index (χ1) is 10.5.